The molecule has 0 saturated carbocycles. The molecule has 0 radical (unpaired) electrons. The van der Waals surface area contributed by atoms with Gasteiger partial charge >= 0.3 is 0 Å². The molecule has 6 heteroatoms. The van der Waals surface area contributed by atoms with Crippen molar-refractivity contribution in [2.45, 2.75) is 13.0 Å². The van der Waals surface area contributed by atoms with Gasteiger partial charge in [0.2, 0.25) is 5.13 Å². The van der Waals surface area contributed by atoms with Gasteiger partial charge < -0.3 is 15.2 Å². The van der Waals surface area contributed by atoms with Crippen LogP contribution in [-0.4, -0.2) is 30.0 Å². The van der Waals surface area contributed by atoms with Crippen molar-refractivity contribution >= 4 is 16.5 Å². The van der Waals surface area contributed by atoms with Gasteiger partial charge in [-0.05, 0) is 18.3 Å². The second-order valence-corrected chi connectivity index (χ2v) is 3.24. The molecule has 5 nitrogen and oxygen atoms in total. The van der Waals surface area contributed by atoms with Gasteiger partial charge in [0.1, 0.15) is 6.61 Å². The Bertz CT molecular complexity index is 240. The van der Waals surface area contributed by atoms with Gasteiger partial charge in [0.05, 0.1) is 6.10 Å². The van der Waals surface area contributed by atoms with Crippen LogP contribution in [0.2, 0.25) is 0 Å². The molecule has 1 aromatic heterocycles. The third kappa shape index (κ3) is 2.63. The normalized spacial score (nSPS) is 12.8. The molecule has 0 fully saturated rings. The molecule has 0 aliphatic heterocycles. The van der Waals surface area contributed by atoms with E-state index in [9.17, 15) is 0 Å². The van der Waals surface area contributed by atoms with Crippen LogP contribution < -0.4 is 10.5 Å². The van der Waals surface area contributed by atoms with Crippen molar-refractivity contribution in [1.82, 2.24) is 10.2 Å². The number of nitrogen functional groups attached to an aromatic ring is 1. The van der Waals surface area contributed by atoms with Gasteiger partial charge in [0.15, 0.2) is 0 Å². The Labute approximate surface area is 74.5 Å². The molecule has 68 valence electrons. The van der Waals surface area contributed by atoms with Gasteiger partial charge in [-0.2, -0.15) is 0 Å². The zero-order valence-electron chi connectivity index (χ0n) is 6.98. The summed E-state index contributed by atoms with van der Waals surface area (Å²) >= 11 is 1.22. The Balaban J connectivity index is 2.33. The molecular weight excluding hydrogens is 178 g/mol. The van der Waals surface area contributed by atoms with Gasteiger partial charge in [-0.15, -0.1) is 5.10 Å². The van der Waals surface area contributed by atoms with E-state index >= 15 is 0 Å². The fourth-order valence-corrected chi connectivity index (χ4v) is 1.00. The molecule has 1 unspecified atom stereocenters. The molecule has 0 bridgehead atoms. The summed E-state index contributed by atoms with van der Waals surface area (Å²) in [5.74, 6) is 0. The topological polar surface area (TPSA) is 70.3 Å². The van der Waals surface area contributed by atoms with Crippen LogP contribution in [0.3, 0.4) is 0 Å². The number of nitrogens with two attached hydrogens (primary N) is 1. The molecule has 0 spiro atoms. The number of ether oxygens (including phenoxy) is 2. The van der Waals surface area contributed by atoms with Crippen molar-refractivity contribution in [3.05, 3.63) is 0 Å². The summed E-state index contributed by atoms with van der Waals surface area (Å²) in [5, 5.41) is 8.18. The maximum atomic E-state index is 5.35. The minimum atomic E-state index is 0.0510. The SMILES string of the molecule is COC(C)COc1nnc(N)s1. The van der Waals surface area contributed by atoms with Crippen molar-refractivity contribution in [1.29, 1.82) is 0 Å². The first-order valence-electron chi connectivity index (χ1n) is 3.47. The highest BCUT2D eigenvalue weighted by molar-refractivity contribution is 7.16. The Morgan fingerprint density at radius 1 is 1.58 bits per heavy atom. The second kappa shape index (κ2) is 4.22. The van der Waals surface area contributed by atoms with E-state index in [4.69, 9.17) is 15.2 Å². The van der Waals surface area contributed by atoms with Crippen LogP contribution in [-0.2, 0) is 4.74 Å². The van der Waals surface area contributed by atoms with E-state index in [0.29, 0.717) is 16.9 Å². The van der Waals surface area contributed by atoms with Gasteiger partial charge in [-0.25, -0.2) is 0 Å². The van der Waals surface area contributed by atoms with Gasteiger partial charge in [0.25, 0.3) is 5.19 Å². The molecule has 1 atom stereocenters. The lowest BCUT2D eigenvalue weighted by molar-refractivity contribution is 0.0713. The minimum absolute atomic E-state index is 0.0510. The second-order valence-electron chi connectivity index (χ2n) is 2.26. The molecular formula is C6H11N3O2S. The molecule has 1 heterocycles. The number of hydrogen-bond acceptors (Lipinski definition) is 6. The predicted octanol–water partition coefficient (Wildman–Crippen LogP) is 0.534. The number of aromatic nitrogens is 2. The van der Waals surface area contributed by atoms with Crippen LogP contribution in [0.25, 0.3) is 0 Å². The predicted molar refractivity (Wildman–Crippen MR) is 46.3 cm³/mol. The summed E-state index contributed by atoms with van der Waals surface area (Å²) in [7, 11) is 1.63. The third-order valence-electron chi connectivity index (χ3n) is 1.27. The molecule has 0 saturated heterocycles. The lowest BCUT2D eigenvalue weighted by atomic mass is 10.4. The van der Waals surface area contributed by atoms with E-state index in [1.807, 2.05) is 6.92 Å². The lowest BCUT2D eigenvalue weighted by Crippen LogP contribution is -2.15. The van der Waals surface area contributed by atoms with Crippen LogP contribution in [0.15, 0.2) is 0 Å². The number of rotatable bonds is 4. The van der Waals surface area contributed by atoms with E-state index in [1.165, 1.54) is 11.3 Å². The van der Waals surface area contributed by atoms with Gasteiger partial charge in [0, 0.05) is 7.11 Å². The van der Waals surface area contributed by atoms with Crippen LogP contribution in [0, 0.1) is 0 Å². The van der Waals surface area contributed by atoms with Crippen molar-refractivity contribution in [3.8, 4) is 5.19 Å². The highest BCUT2D eigenvalue weighted by Gasteiger charge is 2.04. The zero-order chi connectivity index (χ0) is 8.97. The van der Waals surface area contributed by atoms with E-state index in [0.717, 1.165) is 0 Å². The molecule has 1 rings (SSSR count). The summed E-state index contributed by atoms with van der Waals surface area (Å²) in [6.07, 6.45) is 0.0510. The first-order valence-corrected chi connectivity index (χ1v) is 4.28. The van der Waals surface area contributed by atoms with Crippen molar-refractivity contribution in [3.63, 3.8) is 0 Å². The van der Waals surface area contributed by atoms with Crippen LogP contribution in [0.1, 0.15) is 6.92 Å². The summed E-state index contributed by atoms with van der Waals surface area (Å²) in [5.41, 5.74) is 5.35. The summed E-state index contributed by atoms with van der Waals surface area (Å²) in [6.45, 7) is 2.37. The Morgan fingerprint density at radius 3 is 2.83 bits per heavy atom. The smallest absolute Gasteiger partial charge is 0.295 e. The largest absolute Gasteiger partial charge is 0.466 e. The Hall–Kier alpha value is -0.880. The maximum absolute atomic E-state index is 5.35. The Kier molecular flexibility index (Phi) is 3.24. The lowest BCUT2D eigenvalue weighted by Gasteiger charge is -2.07. The quantitative estimate of drug-likeness (QED) is 0.748. The highest BCUT2D eigenvalue weighted by atomic mass is 32.1. The number of anilines is 1. The molecule has 2 N–H and O–H groups in total. The van der Waals surface area contributed by atoms with E-state index in [2.05, 4.69) is 10.2 Å². The maximum Gasteiger partial charge on any atom is 0.295 e. The van der Waals surface area contributed by atoms with Crippen LogP contribution in [0.4, 0.5) is 5.13 Å². The van der Waals surface area contributed by atoms with E-state index in [-0.39, 0.29) is 6.10 Å². The molecule has 1 aromatic rings. The summed E-state index contributed by atoms with van der Waals surface area (Å²) in [4.78, 5) is 0. The van der Waals surface area contributed by atoms with Gasteiger partial charge in [-0.1, -0.05) is 5.10 Å². The number of methoxy groups -OCH3 is 1. The number of nitrogens with zero attached hydrogens (tertiary/aromatic N) is 2. The van der Waals surface area contributed by atoms with Crippen molar-refractivity contribution < 1.29 is 9.47 Å². The highest BCUT2D eigenvalue weighted by Crippen LogP contribution is 2.18. The zero-order valence-corrected chi connectivity index (χ0v) is 7.80. The summed E-state index contributed by atoms with van der Waals surface area (Å²) < 4.78 is 10.2. The standard InChI is InChI=1S/C6H11N3O2S/c1-4(10-2)3-11-6-9-8-5(7)12-6/h4H,3H2,1-2H3,(H2,7,8). The molecule has 0 amide bonds. The fourth-order valence-electron chi connectivity index (χ4n) is 0.535. The van der Waals surface area contributed by atoms with Crippen molar-refractivity contribution in [2.24, 2.45) is 0 Å². The molecule has 0 aromatic carbocycles. The third-order valence-corrected chi connectivity index (χ3v) is 1.93. The molecule has 0 aliphatic rings. The summed E-state index contributed by atoms with van der Waals surface area (Å²) in [6, 6.07) is 0. The van der Waals surface area contributed by atoms with Crippen molar-refractivity contribution in [2.75, 3.05) is 19.5 Å². The monoisotopic (exact) mass is 189 g/mol. The fraction of sp³-hybridized carbons (Fsp3) is 0.667. The minimum Gasteiger partial charge on any atom is -0.466 e. The average molecular weight is 189 g/mol. The Morgan fingerprint density at radius 2 is 2.33 bits per heavy atom. The van der Waals surface area contributed by atoms with E-state index < -0.39 is 0 Å². The van der Waals surface area contributed by atoms with Crippen LogP contribution in [0.5, 0.6) is 5.19 Å². The van der Waals surface area contributed by atoms with Crippen LogP contribution >= 0.6 is 11.3 Å². The number of hydrogen-bond donors (Lipinski definition) is 1. The molecule has 0 aliphatic carbocycles. The first kappa shape index (κ1) is 9.21. The first-order chi connectivity index (χ1) is 5.72. The average Bonchev–Trinajstić information content (AvgIpc) is 2.47. The molecule has 12 heavy (non-hydrogen) atoms. The van der Waals surface area contributed by atoms with E-state index in [1.54, 1.807) is 7.11 Å². The van der Waals surface area contributed by atoms with Gasteiger partial charge in [-0.3, -0.25) is 0 Å².